The molecule has 5 nitrogen and oxygen atoms in total. The van der Waals surface area contributed by atoms with Crippen LogP contribution in [-0.2, 0) is 17.9 Å². The highest BCUT2D eigenvalue weighted by Crippen LogP contribution is 2.27. The maximum absolute atomic E-state index is 11.0. The molecule has 5 heteroatoms. The van der Waals surface area contributed by atoms with Crippen molar-refractivity contribution >= 4 is 16.9 Å². The van der Waals surface area contributed by atoms with Crippen molar-refractivity contribution in [1.29, 1.82) is 0 Å². The molecule has 2 heterocycles. The Hall–Kier alpha value is -1.88. The smallest absolute Gasteiger partial charge is 0.306 e. The molecule has 1 aromatic heterocycles. The third kappa shape index (κ3) is 2.53. The van der Waals surface area contributed by atoms with Gasteiger partial charge < -0.3 is 5.11 Å². The lowest BCUT2D eigenvalue weighted by Gasteiger charge is -2.40. The van der Waals surface area contributed by atoms with E-state index in [2.05, 4.69) is 24.0 Å². The van der Waals surface area contributed by atoms with Crippen LogP contribution in [0.2, 0.25) is 0 Å². The van der Waals surface area contributed by atoms with Crippen LogP contribution in [0.3, 0.4) is 0 Å². The van der Waals surface area contributed by atoms with E-state index in [1.165, 1.54) is 10.9 Å². The van der Waals surface area contributed by atoms with Crippen LogP contribution < -0.4 is 0 Å². The fraction of sp³-hybridized carbons (Fsp3) is 0.500. The average Bonchev–Trinajstić information content (AvgIpc) is 2.80. The molecular weight excluding hydrogens is 266 g/mol. The van der Waals surface area contributed by atoms with Gasteiger partial charge in [0.1, 0.15) is 0 Å². The maximum Gasteiger partial charge on any atom is 0.306 e. The third-order valence-electron chi connectivity index (χ3n) is 4.49. The van der Waals surface area contributed by atoms with Crippen molar-refractivity contribution in [2.45, 2.75) is 26.9 Å². The number of aryl methyl sites for hydroxylation is 1. The Morgan fingerprint density at radius 2 is 2.14 bits per heavy atom. The number of aliphatic carboxylic acids is 1. The summed E-state index contributed by atoms with van der Waals surface area (Å²) in [5, 5.41) is 14.9. The van der Waals surface area contributed by atoms with Gasteiger partial charge in [-0.1, -0.05) is 25.1 Å². The number of carbonyl (C=O) groups is 1. The van der Waals surface area contributed by atoms with E-state index in [9.17, 15) is 4.79 Å². The molecule has 1 saturated heterocycles. The topological polar surface area (TPSA) is 58.4 Å². The summed E-state index contributed by atoms with van der Waals surface area (Å²) < 4.78 is 2.03. The lowest BCUT2D eigenvalue weighted by atomic mass is 9.87. The molecule has 1 N–H and O–H groups in total. The van der Waals surface area contributed by atoms with Crippen LogP contribution in [0.15, 0.2) is 24.3 Å². The minimum absolute atomic E-state index is 0.258. The van der Waals surface area contributed by atoms with Crippen LogP contribution in [0.4, 0.5) is 0 Å². The monoisotopic (exact) mass is 287 g/mol. The highest BCUT2D eigenvalue weighted by molar-refractivity contribution is 5.81. The minimum Gasteiger partial charge on any atom is -0.481 e. The Morgan fingerprint density at radius 3 is 2.81 bits per heavy atom. The molecule has 1 aromatic carbocycles. The molecule has 3 rings (SSSR count). The first-order chi connectivity index (χ1) is 10.1. The number of rotatable bonds is 5. The van der Waals surface area contributed by atoms with Crippen molar-refractivity contribution in [3.63, 3.8) is 0 Å². The number of aromatic nitrogens is 2. The Balaban J connectivity index is 1.71. The van der Waals surface area contributed by atoms with Gasteiger partial charge in [0.15, 0.2) is 0 Å². The van der Waals surface area contributed by atoms with Crippen LogP contribution >= 0.6 is 0 Å². The highest BCUT2D eigenvalue weighted by atomic mass is 16.4. The summed E-state index contributed by atoms with van der Waals surface area (Å²) in [6, 6.07) is 8.29. The van der Waals surface area contributed by atoms with E-state index in [1.54, 1.807) is 6.92 Å². The van der Waals surface area contributed by atoms with E-state index in [4.69, 9.17) is 10.2 Å². The van der Waals surface area contributed by atoms with E-state index in [-0.39, 0.29) is 11.8 Å². The molecule has 1 atom stereocenters. The van der Waals surface area contributed by atoms with Crippen molar-refractivity contribution < 1.29 is 9.90 Å². The van der Waals surface area contributed by atoms with Crippen LogP contribution in [-0.4, -0.2) is 38.8 Å². The Labute approximate surface area is 124 Å². The fourth-order valence-corrected chi connectivity index (χ4v) is 3.02. The fourth-order valence-electron chi connectivity index (χ4n) is 3.02. The quantitative estimate of drug-likeness (QED) is 0.916. The third-order valence-corrected chi connectivity index (χ3v) is 4.49. The zero-order chi connectivity index (χ0) is 15.0. The average molecular weight is 287 g/mol. The first-order valence-electron chi connectivity index (χ1n) is 7.49. The molecule has 21 heavy (non-hydrogen) atoms. The van der Waals surface area contributed by atoms with Gasteiger partial charge in [-0.25, -0.2) is 0 Å². The van der Waals surface area contributed by atoms with Gasteiger partial charge in [-0.05, 0) is 18.9 Å². The van der Waals surface area contributed by atoms with Crippen molar-refractivity contribution in [2.24, 2.45) is 11.8 Å². The van der Waals surface area contributed by atoms with Crippen molar-refractivity contribution in [1.82, 2.24) is 14.7 Å². The lowest BCUT2D eigenvalue weighted by Crippen LogP contribution is -2.50. The van der Waals surface area contributed by atoms with Gasteiger partial charge >= 0.3 is 5.97 Å². The van der Waals surface area contributed by atoms with E-state index >= 15 is 0 Å². The summed E-state index contributed by atoms with van der Waals surface area (Å²) in [5.74, 6) is -0.687. The largest absolute Gasteiger partial charge is 0.481 e. The van der Waals surface area contributed by atoms with Crippen LogP contribution in [0.5, 0.6) is 0 Å². The summed E-state index contributed by atoms with van der Waals surface area (Å²) in [6.07, 6.45) is 0. The summed E-state index contributed by atoms with van der Waals surface area (Å²) in [6.45, 7) is 7.25. The molecule has 1 aliphatic heterocycles. The second-order valence-electron chi connectivity index (χ2n) is 5.86. The maximum atomic E-state index is 11.0. The normalized spacial score (nSPS) is 17.8. The number of carboxylic acid groups (broad SMARTS) is 1. The summed E-state index contributed by atoms with van der Waals surface area (Å²) >= 11 is 0. The van der Waals surface area contributed by atoms with Gasteiger partial charge in [-0.15, -0.1) is 0 Å². The van der Waals surface area contributed by atoms with Gasteiger partial charge in [0.25, 0.3) is 0 Å². The highest BCUT2D eigenvalue weighted by Gasteiger charge is 2.34. The number of hydrogen-bond acceptors (Lipinski definition) is 3. The standard InChI is InChI=1S/C16H21N3O2/c1-3-19-15-7-5-4-6-13(15)14(17-19)10-18-8-12(9-18)11(2)16(20)21/h4-7,11-12H,3,8-10H2,1-2H3,(H,20,21). The van der Waals surface area contributed by atoms with E-state index < -0.39 is 5.97 Å². The van der Waals surface area contributed by atoms with Crippen LogP contribution in [0, 0.1) is 11.8 Å². The van der Waals surface area contributed by atoms with Gasteiger partial charge in [-0.3, -0.25) is 14.4 Å². The predicted molar refractivity (Wildman–Crippen MR) is 81.0 cm³/mol. The molecule has 0 radical (unpaired) electrons. The van der Waals surface area contributed by atoms with E-state index in [0.29, 0.717) is 0 Å². The minimum atomic E-state index is -0.694. The zero-order valence-electron chi connectivity index (χ0n) is 12.5. The molecule has 112 valence electrons. The summed E-state index contributed by atoms with van der Waals surface area (Å²) in [7, 11) is 0. The molecule has 1 fully saturated rings. The van der Waals surface area contributed by atoms with Crippen LogP contribution in [0.25, 0.3) is 10.9 Å². The Bertz CT molecular complexity index is 659. The van der Waals surface area contributed by atoms with Gasteiger partial charge in [-0.2, -0.15) is 5.10 Å². The molecule has 1 aliphatic rings. The number of likely N-dealkylation sites (tertiary alicyclic amines) is 1. The number of carboxylic acids is 1. The van der Waals surface area contributed by atoms with E-state index in [0.717, 1.165) is 31.9 Å². The second kappa shape index (κ2) is 5.48. The van der Waals surface area contributed by atoms with Crippen molar-refractivity contribution in [3.8, 4) is 0 Å². The van der Waals surface area contributed by atoms with Crippen molar-refractivity contribution in [3.05, 3.63) is 30.0 Å². The molecule has 0 amide bonds. The number of hydrogen-bond donors (Lipinski definition) is 1. The first-order valence-corrected chi connectivity index (χ1v) is 7.49. The predicted octanol–water partition coefficient (Wildman–Crippen LogP) is 2.21. The molecule has 0 spiro atoms. The van der Waals surface area contributed by atoms with Crippen LogP contribution in [0.1, 0.15) is 19.5 Å². The first kappa shape index (κ1) is 14.1. The molecule has 0 saturated carbocycles. The number of para-hydroxylation sites is 1. The summed E-state index contributed by atoms with van der Waals surface area (Å²) in [4.78, 5) is 13.3. The van der Waals surface area contributed by atoms with Crippen molar-refractivity contribution in [2.75, 3.05) is 13.1 Å². The zero-order valence-corrected chi connectivity index (χ0v) is 12.5. The lowest BCUT2D eigenvalue weighted by molar-refractivity contribution is -0.145. The SMILES string of the molecule is CCn1nc(CN2CC(C(C)C(=O)O)C2)c2ccccc21. The number of nitrogens with zero attached hydrogens (tertiary/aromatic N) is 3. The Kier molecular flexibility index (Phi) is 3.68. The molecule has 0 aliphatic carbocycles. The van der Waals surface area contributed by atoms with Gasteiger partial charge in [0, 0.05) is 31.6 Å². The van der Waals surface area contributed by atoms with Gasteiger partial charge in [0.2, 0.25) is 0 Å². The number of fused-ring (bicyclic) bond motifs is 1. The second-order valence-corrected chi connectivity index (χ2v) is 5.86. The Morgan fingerprint density at radius 1 is 1.43 bits per heavy atom. The molecule has 2 aromatic rings. The molecular formula is C16H21N3O2. The molecule has 1 unspecified atom stereocenters. The number of benzene rings is 1. The summed E-state index contributed by atoms with van der Waals surface area (Å²) in [5.41, 5.74) is 2.26. The molecule has 0 bridgehead atoms. The van der Waals surface area contributed by atoms with E-state index in [1.807, 2.05) is 16.8 Å². The van der Waals surface area contributed by atoms with Gasteiger partial charge in [0.05, 0.1) is 17.1 Å².